The van der Waals surface area contributed by atoms with Gasteiger partial charge >= 0.3 is 0 Å². The maximum absolute atomic E-state index is 12.0. The van der Waals surface area contributed by atoms with Gasteiger partial charge in [0, 0.05) is 30.3 Å². The molecule has 0 spiro atoms. The summed E-state index contributed by atoms with van der Waals surface area (Å²) in [5.74, 6) is 0.379. The number of carbonyl (C=O) groups is 1. The minimum atomic E-state index is -0.194. The molecule has 2 unspecified atom stereocenters. The Balaban J connectivity index is 1.62. The molecule has 1 saturated heterocycles. The zero-order chi connectivity index (χ0) is 21.6. The summed E-state index contributed by atoms with van der Waals surface area (Å²) in [4.78, 5) is 18.8. The third-order valence-corrected chi connectivity index (χ3v) is 6.21. The molecule has 0 bridgehead atoms. The Kier molecular flexibility index (Phi) is 6.63. The van der Waals surface area contributed by atoms with E-state index in [1.165, 1.54) is 16.7 Å². The molecule has 2 aromatic carbocycles. The zero-order valence-corrected chi connectivity index (χ0v) is 17.9. The van der Waals surface area contributed by atoms with E-state index >= 15 is 0 Å². The van der Waals surface area contributed by atoms with Gasteiger partial charge in [0.15, 0.2) is 0 Å². The van der Waals surface area contributed by atoms with Crippen LogP contribution >= 0.6 is 0 Å². The number of amides is 1. The molecule has 31 heavy (non-hydrogen) atoms. The van der Waals surface area contributed by atoms with Crippen molar-refractivity contribution in [2.75, 3.05) is 13.7 Å². The van der Waals surface area contributed by atoms with Gasteiger partial charge in [-0.25, -0.2) is 4.98 Å². The fourth-order valence-corrected chi connectivity index (χ4v) is 4.58. The Hall–Kier alpha value is -3.18. The van der Waals surface area contributed by atoms with Gasteiger partial charge in [0.05, 0.1) is 7.11 Å². The van der Waals surface area contributed by atoms with E-state index in [2.05, 4.69) is 64.5 Å². The number of primary amides is 1. The molecule has 0 aliphatic carbocycles. The fraction of sp³-hybridized carbons (Fsp3) is 0.308. The molecule has 1 aliphatic heterocycles. The lowest BCUT2D eigenvalue weighted by Crippen LogP contribution is -2.46. The number of ether oxygens (including phenoxy) is 1. The highest BCUT2D eigenvalue weighted by Gasteiger charge is 2.32. The average molecular weight is 416 g/mol. The number of methoxy groups -OCH3 is 1. The number of nitrogens with zero attached hydrogens (tertiary/aromatic N) is 2. The Bertz CT molecular complexity index is 1020. The summed E-state index contributed by atoms with van der Waals surface area (Å²) in [5.41, 5.74) is 10.5. The van der Waals surface area contributed by atoms with Crippen LogP contribution in [-0.2, 0) is 17.8 Å². The minimum absolute atomic E-state index is 0.0825. The van der Waals surface area contributed by atoms with Crippen molar-refractivity contribution >= 4 is 5.91 Å². The molecule has 1 aromatic heterocycles. The SMILES string of the molecule is COc1ncccc1CN1CCC(C(N)=O)CC1Cc1ccccc1-c1ccccc1. The summed E-state index contributed by atoms with van der Waals surface area (Å²) >= 11 is 0. The molecular weight excluding hydrogens is 386 g/mol. The van der Waals surface area contributed by atoms with E-state index in [4.69, 9.17) is 10.5 Å². The van der Waals surface area contributed by atoms with Crippen molar-refractivity contribution in [3.8, 4) is 17.0 Å². The van der Waals surface area contributed by atoms with Crippen LogP contribution in [0.1, 0.15) is 24.0 Å². The van der Waals surface area contributed by atoms with Crippen LogP contribution in [0, 0.1) is 5.92 Å². The van der Waals surface area contributed by atoms with Crippen LogP contribution in [-0.4, -0.2) is 35.5 Å². The van der Waals surface area contributed by atoms with E-state index in [0.717, 1.165) is 37.9 Å². The van der Waals surface area contributed by atoms with Gasteiger partial charge in [-0.3, -0.25) is 9.69 Å². The molecule has 0 radical (unpaired) electrons. The van der Waals surface area contributed by atoms with Gasteiger partial charge < -0.3 is 10.5 Å². The van der Waals surface area contributed by atoms with Gasteiger partial charge in [-0.1, -0.05) is 60.7 Å². The molecule has 3 aromatic rings. The lowest BCUT2D eigenvalue weighted by Gasteiger charge is -2.39. The fourth-order valence-electron chi connectivity index (χ4n) is 4.58. The molecular formula is C26H29N3O2. The molecule has 2 heterocycles. The number of carbonyl (C=O) groups excluding carboxylic acids is 1. The molecule has 1 aliphatic rings. The van der Waals surface area contributed by atoms with Crippen molar-refractivity contribution in [3.63, 3.8) is 0 Å². The molecule has 2 atom stereocenters. The molecule has 5 nitrogen and oxygen atoms in total. The number of piperidine rings is 1. The highest BCUT2D eigenvalue weighted by molar-refractivity contribution is 5.76. The number of nitrogens with two attached hydrogens (primary N) is 1. The number of pyridine rings is 1. The van der Waals surface area contributed by atoms with E-state index in [0.29, 0.717) is 5.88 Å². The second-order valence-corrected chi connectivity index (χ2v) is 8.15. The summed E-state index contributed by atoms with van der Waals surface area (Å²) in [5, 5.41) is 0. The average Bonchev–Trinajstić information content (AvgIpc) is 2.81. The van der Waals surface area contributed by atoms with Crippen molar-refractivity contribution in [3.05, 3.63) is 84.1 Å². The molecule has 0 saturated carbocycles. The van der Waals surface area contributed by atoms with Crippen molar-refractivity contribution < 1.29 is 9.53 Å². The number of likely N-dealkylation sites (tertiary alicyclic amines) is 1. The van der Waals surface area contributed by atoms with Crippen LogP contribution < -0.4 is 10.5 Å². The first-order valence-electron chi connectivity index (χ1n) is 10.8. The van der Waals surface area contributed by atoms with E-state index < -0.39 is 0 Å². The van der Waals surface area contributed by atoms with Crippen molar-refractivity contribution in [2.24, 2.45) is 11.7 Å². The van der Waals surface area contributed by atoms with Crippen molar-refractivity contribution in [2.45, 2.75) is 31.8 Å². The van der Waals surface area contributed by atoms with Crippen LogP contribution in [0.15, 0.2) is 72.9 Å². The van der Waals surface area contributed by atoms with Gasteiger partial charge in [-0.15, -0.1) is 0 Å². The van der Waals surface area contributed by atoms with Crippen LogP contribution in [0.4, 0.5) is 0 Å². The Labute approximate surface area is 183 Å². The van der Waals surface area contributed by atoms with E-state index in [-0.39, 0.29) is 17.9 Å². The summed E-state index contributed by atoms with van der Waals surface area (Å²) < 4.78 is 5.46. The Morgan fingerprint density at radius 1 is 1.06 bits per heavy atom. The minimum Gasteiger partial charge on any atom is -0.481 e. The maximum atomic E-state index is 12.0. The maximum Gasteiger partial charge on any atom is 0.220 e. The second kappa shape index (κ2) is 9.75. The summed E-state index contributed by atoms with van der Waals surface area (Å²) in [6.07, 6.45) is 4.16. The largest absolute Gasteiger partial charge is 0.481 e. The Morgan fingerprint density at radius 2 is 1.81 bits per heavy atom. The van der Waals surface area contributed by atoms with Gasteiger partial charge in [0.1, 0.15) is 0 Å². The standard InChI is InChI=1S/C26H29N3O2/c1-31-26-22(11-7-14-28-26)18-29-15-13-21(25(27)30)17-23(29)16-20-10-5-6-12-24(20)19-8-3-2-4-9-19/h2-12,14,21,23H,13,15-18H2,1H3,(H2,27,30). The quantitative estimate of drug-likeness (QED) is 0.632. The van der Waals surface area contributed by atoms with Gasteiger partial charge in [-0.05, 0) is 48.6 Å². The van der Waals surface area contributed by atoms with Gasteiger partial charge in [0.2, 0.25) is 11.8 Å². The smallest absolute Gasteiger partial charge is 0.220 e. The lowest BCUT2D eigenvalue weighted by molar-refractivity contribution is -0.124. The predicted octanol–water partition coefficient (Wildman–Crippen LogP) is 4.07. The van der Waals surface area contributed by atoms with Crippen molar-refractivity contribution in [1.29, 1.82) is 0 Å². The Morgan fingerprint density at radius 3 is 2.58 bits per heavy atom. The van der Waals surface area contributed by atoms with E-state index in [1.807, 2.05) is 12.1 Å². The predicted molar refractivity (Wildman–Crippen MR) is 122 cm³/mol. The van der Waals surface area contributed by atoms with Crippen LogP contribution in [0.2, 0.25) is 0 Å². The first-order valence-corrected chi connectivity index (χ1v) is 10.8. The molecule has 1 fully saturated rings. The van der Waals surface area contributed by atoms with Crippen LogP contribution in [0.25, 0.3) is 11.1 Å². The number of hydrogen-bond acceptors (Lipinski definition) is 4. The highest BCUT2D eigenvalue weighted by atomic mass is 16.5. The number of benzene rings is 2. The first-order chi connectivity index (χ1) is 15.2. The molecule has 160 valence electrons. The molecule has 2 N–H and O–H groups in total. The van der Waals surface area contributed by atoms with Gasteiger partial charge in [-0.2, -0.15) is 0 Å². The third-order valence-electron chi connectivity index (χ3n) is 6.21. The van der Waals surface area contributed by atoms with Crippen molar-refractivity contribution in [1.82, 2.24) is 9.88 Å². The topological polar surface area (TPSA) is 68.4 Å². The monoisotopic (exact) mass is 415 g/mol. The highest BCUT2D eigenvalue weighted by Crippen LogP contribution is 2.31. The number of aromatic nitrogens is 1. The molecule has 1 amide bonds. The molecule has 5 heteroatoms. The lowest BCUT2D eigenvalue weighted by atomic mass is 9.85. The number of hydrogen-bond donors (Lipinski definition) is 1. The van der Waals surface area contributed by atoms with Crippen LogP contribution in [0.5, 0.6) is 5.88 Å². The zero-order valence-electron chi connectivity index (χ0n) is 17.9. The van der Waals surface area contributed by atoms with Gasteiger partial charge in [0.25, 0.3) is 0 Å². The number of rotatable bonds is 7. The summed E-state index contributed by atoms with van der Waals surface area (Å²) in [6, 6.07) is 23.2. The molecule has 4 rings (SSSR count). The first kappa shape index (κ1) is 21.1. The van der Waals surface area contributed by atoms with E-state index in [9.17, 15) is 4.79 Å². The second-order valence-electron chi connectivity index (χ2n) is 8.15. The summed E-state index contributed by atoms with van der Waals surface area (Å²) in [7, 11) is 1.65. The normalized spacial score (nSPS) is 19.1. The third kappa shape index (κ3) is 4.94. The van der Waals surface area contributed by atoms with E-state index in [1.54, 1.807) is 13.3 Å². The summed E-state index contributed by atoms with van der Waals surface area (Å²) in [6.45, 7) is 1.56. The van der Waals surface area contributed by atoms with Crippen LogP contribution in [0.3, 0.4) is 0 Å².